The summed E-state index contributed by atoms with van der Waals surface area (Å²) in [5.41, 5.74) is 1.01. The van der Waals surface area contributed by atoms with Crippen LogP contribution in [0.4, 0.5) is 0 Å². The van der Waals surface area contributed by atoms with Crippen molar-refractivity contribution < 1.29 is 5.11 Å². The van der Waals surface area contributed by atoms with Gasteiger partial charge in [0.05, 0.1) is 5.01 Å². The maximum absolute atomic E-state index is 10.1. The van der Waals surface area contributed by atoms with Crippen molar-refractivity contribution >= 4 is 11.3 Å². The molecular formula is C11H15N3OS. The monoisotopic (exact) mass is 237 g/mol. The van der Waals surface area contributed by atoms with Crippen LogP contribution < -0.4 is 0 Å². The molecule has 16 heavy (non-hydrogen) atoms. The molecule has 0 amide bonds. The molecule has 0 saturated heterocycles. The predicted molar refractivity (Wildman–Crippen MR) is 63.4 cm³/mol. The zero-order valence-electron chi connectivity index (χ0n) is 9.42. The first-order valence-corrected chi connectivity index (χ1v) is 6.18. The van der Waals surface area contributed by atoms with Crippen LogP contribution in [0.1, 0.15) is 29.6 Å². The number of imidazole rings is 1. The highest BCUT2D eigenvalue weighted by Crippen LogP contribution is 2.19. The number of aliphatic hydroxyl groups excluding tert-OH is 1. The first-order chi connectivity index (χ1) is 7.70. The van der Waals surface area contributed by atoms with Gasteiger partial charge in [-0.25, -0.2) is 9.97 Å². The second-order valence-electron chi connectivity index (χ2n) is 3.67. The Kier molecular flexibility index (Phi) is 3.36. The zero-order valence-corrected chi connectivity index (χ0v) is 10.2. The molecule has 0 aliphatic carbocycles. The van der Waals surface area contributed by atoms with Gasteiger partial charge in [0.2, 0.25) is 0 Å². The van der Waals surface area contributed by atoms with Crippen LogP contribution >= 0.6 is 11.3 Å². The summed E-state index contributed by atoms with van der Waals surface area (Å²) in [6.45, 7) is 4.81. The molecule has 2 aromatic rings. The number of hydrogen-bond acceptors (Lipinski definition) is 4. The van der Waals surface area contributed by atoms with Crippen molar-refractivity contribution in [3.05, 3.63) is 34.3 Å². The summed E-state index contributed by atoms with van der Waals surface area (Å²) in [6.07, 6.45) is 3.57. The van der Waals surface area contributed by atoms with E-state index < -0.39 is 6.10 Å². The van der Waals surface area contributed by atoms with Crippen LogP contribution in [-0.2, 0) is 13.0 Å². The highest BCUT2D eigenvalue weighted by atomic mass is 32.1. The minimum absolute atomic E-state index is 0.537. The van der Waals surface area contributed by atoms with Gasteiger partial charge in [-0.3, -0.25) is 0 Å². The van der Waals surface area contributed by atoms with Crippen molar-refractivity contribution in [2.75, 3.05) is 0 Å². The molecular weight excluding hydrogens is 222 g/mol. The Balaban J connectivity index is 2.11. The normalized spacial score (nSPS) is 12.9. The van der Waals surface area contributed by atoms with E-state index in [1.807, 2.05) is 30.0 Å². The van der Waals surface area contributed by atoms with Crippen molar-refractivity contribution in [3.8, 4) is 0 Å². The van der Waals surface area contributed by atoms with Gasteiger partial charge in [0.25, 0.3) is 0 Å². The van der Waals surface area contributed by atoms with Gasteiger partial charge >= 0.3 is 0 Å². The average Bonchev–Trinajstić information content (AvgIpc) is 2.86. The molecule has 2 heterocycles. The van der Waals surface area contributed by atoms with E-state index in [4.69, 9.17) is 0 Å². The topological polar surface area (TPSA) is 50.9 Å². The maximum Gasteiger partial charge on any atom is 0.138 e. The molecule has 4 nitrogen and oxygen atoms in total. The molecule has 0 aromatic carbocycles. The van der Waals surface area contributed by atoms with Crippen LogP contribution in [0.25, 0.3) is 0 Å². The molecule has 0 radical (unpaired) electrons. The fourth-order valence-electron chi connectivity index (χ4n) is 1.64. The first kappa shape index (κ1) is 11.3. The van der Waals surface area contributed by atoms with Crippen molar-refractivity contribution in [2.45, 2.75) is 32.9 Å². The second kappa shape index (κ2) is 4.76. The smallest absolute Gasteiger partial charge is 0.138 e. The molecule has 0 saturated carbocycles. The Hall–Kier alpha value is -1.20. The van der Waals surface area contributed by atoms with Gasteiger partial charge in [-0.1, -0.05) is 0 Å². The van der Waals surface area contributed by atoms with E-state index in [0.717, 1.165) is 23.1 Å². The Morgan fingerprint density at radius 3 is 3.00 bits per heavy atom. The number of rotatable bonds is 4. The average molecular weight is 237 g/mol. The van der Waals surface area contributed by atoms with Gasteiger partial charge in [-0.15, -0.1) is 11.3 Å². The molecule has 1 atom stereocenters. The van der Waals surface area contributed by atoms with E-state index in [1.165, 1.54) is 0 Å². The van der Waals surface area contributed by atoms with E-state index in [-0.39, 0.29) is 0 Å². The van der Waals surface area contributed by atoms with Crippen molar-refractivity contribution in [2.24, 2.45) is 0 Å². The third-order valence-corrected chi connectivity index (χ3v) is 3.41. The third-order valence-electron chi connectivity index (χ3n) is 2.42. The van der Waals surface area contributed by atoms with Crippen LogP contribution in [0, 0.1) is 6.92 Å². The minimum Gasteiger partial charge on any atom is -0.385 e. The molecule has 2 rings (SSSR count). The zero-order chi connectivity index (χ0) is 11.5. The third kappa shape index (κ3) is 2.31. The lowest BCUT2D eigenvalue weighted by Gasteiger charge is -2.10. The summed E-state index contributed by atoms with van der Waals surface area (Å²) in [5, 5.41) is 13.0. The molecule has 0 bridgehead atoms. The molecule has 2 aromatic heterocycles. The SMILES string of the molecule is CCn1ccnc1C(O)Cc1nc(C)cs1. The highest BCUT2D eigenvalue weighted by molar-refractivity contribution is 7.09. The van der Waals surface area contributed by atoms with E-state index in [2.05, 4.69) is 9.97 Å². The van der Waals surface area contributed by atoms with Crippen LogP contribution in [0.3, 0.4) is 0 Å². The first-order valence-electron chi connectivity index (χ1n) is 5.30. The molecule has 0 aliphatic rings. The summed E-state index contributed by atoms with van der Waals surface area (Å²) in [6, 6.07) is 0. The number of aromatic nitrogens is 3. The van der Waals surface area contributed by atoms with Crippen molar-refractivity contribution in [1.82, 2.24) is 14.5 Å². The summed E-state index contributed by atoms with van der Waals surface area (Å²) in [5.74, 6) is 0.718. The highest BCUT2D eigenvalue weighted by Gasteiger charge is 2.15. The van der Waals surface area contributed by atoms with E-state index in [1.54, 1.807) is 17.5 Å². The molecule has 1 N–H and O–H groups in total. The number of hydrogen-bond donors (Lipinski definition) is 1. The molecule has 1 unspecified atom stereocenters. The Bertz CT molecular complexity index is 463. The van der Waals surface area contributed by atoms with Gasteiger partial charge in [-0.05, 0) is 13.8 Å². The minimum atomic E-state index is -0.569. The lowest BCUT2D eigenvalue weighted by Crippen LogP contribution is -2.09. The largest absolute Gasteiger partial charge is 0.385 e. The van der Waals surface area contributed by atoms with Gasteiger partial charge in [0.1, 0.15) is 11.9 Å². The molecule has 0 spiro atoms. The van der Waals surface area contributed by atoms with Gasteiger partial charge in [0.15, 0.2) is 0 Å². The number of nitrogens with zero attached hydrogens (tertiary/aromatic N) is 3. The Morgan fingerprint density at radius 2 is 2.38 bits per heavy atom. The maximum atomic E-state index is 10.1. The van der Waals surface area contributed by atoms with Crippen molar-refractivity contribution in [3.63, 3.8) is 0 Å². The number of aliphatic hydroxyl groups is 1. The summed E-state index contributed by atoms with van der Waals surface area (Å²) in [4.78, 5) is 8.52. The molecule has 0 aliphatic heterocycles. The standard InChI is InChI=1S/C11H15N3OS/c1-3-14-5-4-12-11(14)9(15)6-10-13-8(2)7-16-10/h4-5,7,9,15H,3,6H2,1-2H3. The van der Waals surface area contributed by atoms with Crippen LogP contribution in [-0.4, -0.2) is 19.6 Å². The lowest BCUT2D eigenvalue weighted by atomic mass is 10.2. The van der Waals surface area contributed by atoms with Crippen LogP contribution in [0.15, 0.2) is 17.8 Å². The van der Waals surface area contributed by atoms with Crippen molar-refractivity contribution in [1.29, 1.82) is 0 Å². The second-order valence-corrected chi connectivity index (χ2v) is 4.62. The fraction of sp³-hybridized carbons (Fsp3) is 0.455. The summed E-state index contributed by atoms with van der Waals surface area (Å²) >= 11 is 1.58. The molecule has 0 fully saturated rings. The Labute approximate surface area is 98.6 Å². The predicted octanol–water partition coefficient (Wildman–Crippen LogP) is 1.94. The summed E-state index contributed by atoms with van der Waals surface area (Å²) < 4.78 is 1.95. The van der Waals surface area contributed by atoms with Crippen LogP contribution in [0.5, 0.6) is 0 Å². The van der Waals surface area contributed by atoms with E-state index in [9.17, 15) is 5.11 Å². The Morgan fingerprint density at radius 1 is 1.56 bits per heavy atom. The van der Waals surface area contributed by atoms with Gasteiger partial charge < -0.3 is 9.67 Å². The fourth-order valence-corrected chi connectivity index (χ4v) is 2.45. The number of thiazole rings is 1. The lowest BCUT2D eigenvalue weighted by molar-refractivity contribution is 0.163. The molecule has 5 heteroatoms. The van der Waals surface area contributed by atoms with E-state index >= 15 is 0 Å². The van der Waals surface area contributed by atoms with Gasteiger partial charge in [-0.2, -0.15) is 0 Å². The van der Waals surface area contributed by atoms with Gasteiger partial charge in [0, 0.05) is 36.4 Å². The van der Waals surface area contributed by atoms with Crippen LogP contribution in [0.2, 0.25) is 0 Å². The molecule has 86 valence electrons. The van der Waals surface area contributed by atoms with E-state index in [0.29, 0.717) is 6.42 Å². The summed E-state index contributed by atoms with van der Waals surface area (Å²) in [7, 11) is 0. The number of aryl methyl sites for hydroxylation is 2. The quantitative estimate of drug-likeness (QED) is 0.884.